The molecule has 158 valence electrons. The van der Waals surface area contributed by atoms with Crippen LogP contribution in [0.15, 0.2) is 53.7 Å². The van der Waals surface area contributed by atoms with Gasteiger partial charge in [-0.1, -0.05) is 37.5 Å². The van der Waals surface area contributed by atoms with E-state index in [0.29, 0.717) is 6.04 Å². The summed E-state index contributed by atoms with van der Waals surface area (Å²) in [6.07, 6.45) is 9.47. The lowest BCUT2D eigenvalue weighted by molar-refractivity contribution is 0.427. The van der Waals surface area contributed by atoms with Crippen LogP contribution in [0.25, 0.3) is 0 Å². The number of halogens is 1. The number of rotatable bonds is 7. The molecule has 1 aliphatic rings. The summed E-state index contributed by atoms with van der Waals surface area (Å²) in [5, 5.41) is 6.74. The van der Waals surface area contributed by atoms with Crippen LogP contribution in [0.3, 0.4) is 0 Å². The Labute approximate surface area is 192 Å². The predicted molar refractivity (Wildman–Crippen MR) is 133 cm³/mol. The van der Waals surface area contributed by atoms with Gasteiger partial charge >= 0.3 is 0 Å². The Bertz CT molecular complexity index is 727. The molecule has 29 heavy (non-hydrogen) atoms. The van der Waals surface area contributed by atoms with Gasteiger partial charge in [0.05, 0.1) is 0 Å². The Morgan fingerprint density at radius 1 is 1.07 bits per heavy atom. The third kappa shape index (κ3) is 7.49. The first-order chi connectivity index (χ1) is 13.8. The number of benzene rings is 1. The van der Waals surface area contributed by atoms with E-state index in [2.05, 4.69) is 56.8 Å². The van der Waals surface area contributed by atoms with E-state index in [0.717, 1.165) is 31.2 Å². The highest BCUT2D eigenvalue weighted by molar-refractivity contribution is 14.0. The van der Waals surface area contributed by atoms with E-state index in [-0.39, 0.29) is 24.0 Å². The SMILES string of the molecule is CN=C(NCCc1ccccn1)NCc1ccc(N(C)C2CCCCC2)cc1.I. The summed E-state index contributed by atoms with van der Waals surface area (Å²) in [7, 11) is 4.04. The fraction of sp³-hybridized carbons (Fsp3) is 0.478. The molecule has 0 saturated heterocycles. The number of aliphatic imine (C=N–C) groups is 1. The Kier molecular flexibility index (Phi) is 10.2. The predicted octanol–water partition coefficient (Wildman–Crippen LogP) is 4.38. The highest BCUT2D eigenvalue weighted by atomic mass is 127. The fourth-order valence-electron chi connectivity index (χ4n) is 3.79. The highest BCUT2D eigenvalue weighted by Crippen LogP contribution is 2.26. The van der Waals surface area contributed by atoms with Crippen molar-refractivity contribution >= 4 is 35.6 Å². The van der Waals surface area contributed by atoms with Crippen LogP contribution < -0.4 is 15.5 Å². The van der Waals surface area contributed by atoms with Crippen LogP contribution in [0.1, 0.15) is 43.4 Å². The molecule has 0 aliphatic heterocycles. The molecule has 1 fully saturated rings. The molecule has 1 aromatic heterocycles. The molecule has 0 spiro atoms. The van der Waals surface area contributed by atoms with Gasteiger partial charge in [-0.15, -0.1) is 24.0 Å². The lowest BCUT2D eigenvalue weighted by Gasteiger charge is -2.33. The molecule has 5 nitrogen and oxygen atoms in total. The van der Waals surface area contributed by atoms with Gasteiger partial charge in [0, 0.05) is 57.2 Å². The summed E-state index contributed by atoms with van der Waals surface area (Å²) >= 11 is 0. The number of pyridine rings is 1. The van der Waals surface area contributed by atoms with Crippen LogP contribution in [-0.4, -0.2) is 37.6 Å². The number of nitrogens with zero attached hydrogens (tertiary/aromatic N) is 3. The fourth-order valence-corrected chi connectivity index (χ4v) is 3.79. The molecule has 0 unspecified atom stereocenters. The highest BCUT2D eigenvalue weighted by Gasteiger charge is 2.18. The van der Waals surface area contributed by atoms with Gasteiger partial charge in [-0.05, 0) is 42.7 Å². The van der Waals surface area contributed by atoms with E-state index in [1.54, 1.807) is 7.05 Å². The first-order valence-electron chi connectivity index (χ1n) is 10.4. The molecule has 1 heterocycles. The number of aromatic nitrogens is 1. The van der Waals surface area contributed by atoms with Crippen molar-refractivity contribution in [3.63, 3.8) is 0 Å². The van der Waals surface area contributed by atoms with Crippen LogP contribution in [0.5, 0.6) is 0 Å². The third-order valence-electron chi connectivity index (χ3n) is 5.55. The minimum absolute atomic E-state index is 0. The van der Waals surface area contributed by atoms with Gasteiger partial charge in [-0.25, -0.2) is 0 Å². The zero-order chi connectivity index (χ0) is 19.6. The molecule has 2 aromatic rings. The Balaban J connectivity index is 0.00000300. The van der Waals surface area contributed by atoms with Crippen LogP contribution in [0.4, 0.5) is 5.69 Å². The largest absolute Gasteiger partial charge is 0.372 e. The molecule has 3 rings (SSSR count). The molecular formula is C23H34IN5. The molecule has 6 heteroatoms. The smallest absolute Gasteiger partial charge is 0.191 e. The first kappa shape index (κ1) is 23.4. The molecular weight excluding hydrogens is 473 g/mol. The molecule has 0 atom stereocenters. The summed E-state index contributed by atoms with van der Waals surface area (Å²) in [6.45, 7) is 1.57. The molecule has 1 saturated carbocycles. The van der Waals surface area contributed by atoms with Crippen LogP contribution in [0, 0.1) is 0 Å². The minimum Gasteiger partial charge on any atom is -0.372 e. The second-order valence-electron chi connectivity index (χ2n) is 7.49. The second-order valence-corrected chi connectivity index (χ2v) is 7.49. The zero-order valence-corrected chi connectivity index (χ0v) is 19.9. The maximum absolute atomic E-state index is 4.35. The van der Waals surface area contributed by atoms with E-state index in [1.807, 2.05) is 24.4 Å². The minimum atomic E-state index is 0. The molecule has 0 bridgehead atoms. The maximum atomic E-state index is 4.35. The molecule has 1 aliphatic carbocycles. The standard InChI is InChI=1S/C23H33N5.HI/c1-24-23(26-17-15-20-8-6-7-16-25-20)27-18-19-11-13-22(14-12-19)28(2)21-9-4-3-5-10-21;/h6-8,11-14,16,21H,3-5,9-10,15,17-18H2,1-2H3,(H2,24,26,27);1H. The Morgan fingerprint density at radius 3 is 2.48 bits per heavy atom. The van der Waals surface area contributed by atoms with Gasteiger partial charge in [0.1, 0.15) is 0 Å². The summed E-state index contributed by atoms with van der Waals surface area (Å²) in [5.41, 5.74) is 3.66. The van der Waals surface area contributed by atoms with Crippen molar-refractivity contribution in [1.29, 1.82) is 0 Å². The lowest BCUT2D eigenvalue weighted by atomic mass is 9.94. The molecule has 0 amide bonds. The van der Waals surface area contributed by atoms with Crippen molar-refractivity contribution in [3.8, 4) is 0 Å². The average molecular weight is 507 g/mol. The summed E-state index contributed by atoms with van der Waals surface area (Å²) in [6, 6.07) is 15.6. The van der Waals surface area contributed by atoms with Crippen molar-refractivity contribution in [2.45, 2.75) is 51.1 Å². The topological polar surface area (TPSA) is 52.6 Å². The van der Waals surface area contributed by atoms with E-state index in [9.17, 15) is 0 Å². The van der Waals surface area contributed by atoms with Crippen molar-refractivity contribution in [2.24, 2.45) is 4.99 Å². The monoisotopic (exact) mass is 507 g/mol. The number of hydrogen-bond acceptors (Lipinski definition) is 3. The van der Waals surface area contributed by atoms with Crippen LogP contribution in [-0.2, 0) is 13.0 Å². The quantitative estimate of drug-likeness (QED) is 0.332. The Morgan fingerprint density at radius 2 is 1.83 bits per heavy atom. The van der Waals surface area contributed by atoms with Gasteiger partial charge in [0.25, 0.3) is 0 Å². The summed E-state index contributed by atoms with van der Waals surface area (Å²) < 4.78 is 0. The van der Waals surface area contributed by atoms with Crippen molar-refractivity contribution in [1.82, 2.24) is 15.6 Å². The van der Waals surface area contributed by atoms with Gasteiger partial charge in [-0.2, -0.15) is 0 Å². The van der Waals surface area contributed by atoms with E-state index in [1.165, 1.54) is 43.4 Å². The number of guanidine groups is 1. The summed E-state index contributed by atoms with van der Waals surface area (Å²) in [4.78, 5) is 11.1. The van der Waals surface area contributed by atoms with E-state index < -0.39 is 0 Å². The van der Waals surface area contributed by atoms with Gasteiger partial charge in [0.15, 0.2) is 5.96 Å². The maximum Gasteiger partial charge on any atom is 0.191 e. The van der Waals surface area contributed by atoms with Crippen molar-refractivity contribution in [3.05, 3.63) is 59.9 Å². The number of hydrogen-bond donors (Lipinski definition) is 2. The summed E-state index contributed by atoms with van der Waals surface area (Å²) in [5.74, 6) is 0.819. The molecule has 2 N–H and O–H groups in total. The van der Waals surface area contributed by atoms with Gasteiger partial charge in [-0.3, -0.25) is 9.98 Å². The van der Waals surface area contributed by atoms with Crippen LogP contribution in [0.2, 0.25) is 0 Å². The van der Waals surface area contributed by atoms with Crippen LogP contribution >= 0.6 is 24.0 Å². The number of anilines is 1. The van der Waals surface area contributed by atoms with E-state index >= 15 is 0 Å². The van der Waals surface area contributed by atoms with E-state index in [4.69, 9.17) is 0 Å². The zero-order valence-electron chi connectivity index (χ0n) is 17.6. The van der Waals surface area contributed by atoms with Gasteiger partial charge in [0.2, 0.25) is 0 Å². The van der Waals surface area contributed by atoms with Crippen molar-refractivity contribution in [2.75, 3.05) is 25.5 Å². The number of nitrogens with one attached hydrogen (secondary N) is 2. The molecule has 0 radical (unpaired) electrons. The third-order valence-corrected chi connectivity index (χ3v) is 5.55. The Hall–Kier alpha value is -1.83. The van der Waals surface area contributed by atoms with Gasteiger partial charge < -0.3 is 15.5 Å². The molecule has 1 aromatic carbocycles. The van der Waals surface area contributed by atoms with Crippen molar-refractivity contribution < 1.29 is 0 Å². The normalized spacial score (nSPS) is 14.8. The average Bonchev–Trinajstić information content (AvgIpc) is 2.77. The first-order valence-corrected chi connectivity index (χ1v) is 10.4. The lowest BCUT2D eigenvalue weighted by Crippen LogP contribution is -2.38. The second kappa shape index (κ2) is 12.7.